The highest BCUT2D eigenvalue weighted by atomic mass is 32.2. The van der Waals surface area contributed by atoms with Crippen LogP contribution in [0.1, 0.15) is 23.2 Å². The molecule has 21 heavy (non-hydrogen) atoms. The number of nitrogens with zero attached hydrogens (tertiary/aromatic N) is 1. The van der Waals surface area contributed by atoms with Crippen molar-refractivity contribution in [3.63, 3.8) is 0 Å². The molecule has 1 heterocycles. The standard InChI is InChI=1S/C12H15N3O5S/c16-11(8-1-2-8)13-5-6-15-21(19,20)10-4-3-9(7-14-10)12(17)18/h3-4,7-8,15H,1-2,5-6H2,(H,13,16)(H,17,18). The van der Waals surface area contributed by atoms with Gasteiger partial charge in [0.2, 0.25) is 5.91 Å². The first-order valence-corrected chi connectivity index (χ1v) is 7.85. The fraction of sp³-hybridized carbons (Fsp3) is 0.417. The van der Waals surface area contributed by atoms with Crippen LogP contribution in [0.3, 0.4) is 0 Å². The molecule has 1 saturated carbocycles. The predicted octanol–water partition coefficient (Wildman–Crippen LogP) is -0.416. The number of amides is 1. The number of carboxylic acid groups (broad SMARTS) is 1. The van der Waals surface area contributed by atoms with Gasteiger partial charge in [-0.15, -0.1) is 0 Å². The van der Waals surface area contributed by atoms with Gasteiger partial charge in [-0.25, -0.2) is 22.9 Å². The molecule has 0 atom stereocenters. The van der Waals surface area contributed by atoms with Gasteiger partial charge >= 0.3 is 5.97 Å². The molecular formula is C12H15N3O5S. The zero-order chi connectivity index (χ0) is 15.5. The molecule has 0 saturated heterocycles. The van der Waals surface area contributed by atoms with E-state index in [4.69, 9.17) is 5.11 Å². The second-order valence-electron chi connectivity index (χ2n) is 4.65. The molecule has 114 valence electrons. The maximum atomic E-state index is 11.9. The first-order chi connectivity index (χ1) is 9.90. The number of hydrogen-bond donors (Lipinski definition) is 3. The smallest absolute Gasteiger partial charge is 0.337 e. The van der Waals surface area contributed by atoms with Gasteiger partial charge in [-0.05, 0) is 25.0 Å². The number of pyridine rings is 1. The van der Waals surface area contributed by atoms with Crippen molar-refractivity contribution in [2.24, 2.45) is 5.92 Å². The van der Waals surface area contributed by atoms with Gasteiger partial charge in [-0.2, -0.15) is 0 Å². The highest BCUT2D eigenvalue weighted by Gasteiger charge is 2.29. The molecule has 3 N–H and O–H groups in total. The SMILES string of the molecule is O=C(O)c1ccc(S(=O)(=O)NCCNC(=O)C2CC2)nc1. The lowest BCUT2D eigenvalue weighted by molar-refractivity contribution is -0.122. The summed E-state index contributed by atoms with van der Waals surface area (Å²) in [6.45, 7) is 0.241. The first kappa shape index (κ1) is 15.4. The second kappa shape index (κ2) is 6.19. The highest BCUT2D eigenvalue weighted by Crippen LogP contribution is 2.28. The average Bonchev–Trinajstić information content (AvgIpc) is 3.28. The minimum atomic E-state index is -3.81. The molecule has 8 nitrogen and oxygen atoms in total. The summed E-state index contributed by atoms with van der Waals surface area (Å²) in [6.07, 6.45) is 2.75. The second-order valence-corrected chi connectivity index (χ2v) is 6.37. The largest absolute Gasteiger partial charge is 0.478 e. The Morgan fingerprint density at radius 3 is 2.52 bits per heavy atom. The van der Waals surface area contributed by atoms with Crippen LogP contribution in [0, 0.1) is 5.92 Å². The van der Waals surface area contributed by atoms with E-state index in [1.165, 1.54) is 6.07 Å². The van der Waals surface area contributed by atoms with Crippen molar-refractivity contribution in [1.29, 1.82) is 0 Å². The monoisotopic (exact) mass is 313 g/mol. The number of rotatable bonds is 7. The van der Waals surface area contributed by atoms with Crippen LogP contribution in [0.2, 0.25) is 0 Å². The normalized spacial score (nSPS) is 14.7. The quantitative estimate of drug-likeness (QED) is 0.587. The Bertz CT molecular complexity index is 637. The van der Waals surface area contributed by atoms with Crippen LogP contribution in [0.15, 0.2) is 23.4 Å². The summed E-state index contributed by atoms with van der Waals surface area (Å²) in [5, 5.41) is 11.1. The van der Waals surface area contributed by atoms with Gasteiger partial charge in [0.05, 0.1) is 5.56 Å². The topological polar surface area (TPSA) is 125 Å². The summed E-state index contributed by atoms with van der Waals surface area (Å²) >= 11 is 0. The van der Waals surface area contributed by atoms with Gasteiger partial charge in [0.1, 0.15) is 0 Å². The number of aromatic carboxylic acids is 1. The van der Waals surface area contributed by atoms with Crippen LogP contribution in [0.25, 0.3) is 0 Å². The molecule has 1 aromatic heterocycles. The Labute approximate surface area is 121 Å². The lowest BCUT2D eigenvalue weighted by atomic mass is 10.3. The summed E-state index contributed by atoms with van der Waals surface area (Å²) in [5.74, 6) is -1.16. The highest BCUT2D eigenvalue weighted by molar-refractivity contribution is 7.89. The van der Waals surface area contributed by atoms with Gasteiger partial charge < -0.3 is 10.4 Å². The van der Waals surface area contributed by atoms with E-state index < -0.39 is 16.0 Å². The van der Waals surface area contributed by atoms with Crippen molar-refractivity contribution in [2.75, 3.05) is 13.1 Å². The van der Waals surface area contributed by atoms with Gasteiger partial charge in [-0.1, -0.05) is 0 Å². The lowest BCUT2D eigenvalue weighted by Crippen LogP contribution is -2.35. The van der Waals surface area contributed by atoms with Crippen molar-refractivity contribution in [3.05, 3.63) is 23.9 Å². The Balaban J connectivity index is 1.85. The molecule has 1 fully saturated rings. The van der Waals surface area contributed by atoms with Gasteiger partial charge in [0.15, 0.2) is 5.03 Å². The number of carbonyl (C=O) groups is 2. The first-order valence-electron chi connectivity index (χ1n) is 6.37. The predicted molar refractivity (Wildman–Crippen MR) is 72.1 cm³/mol. The number of carboxylic acids is 1. The van der Waals surface area contributed by atoms with E-state index in [0.29, 0.717) is 0 Å². The lowest BCUT2D eigenvalue weighted by Gasteiger charge is -2.07. The van der Waals surface area contributed by atoms with Crippen LogP contribution < -0.4 is 10.0 Å². The maximum Gasteiger partial charge on any atom is 0.337 e. The molecule has 0 unspecified atom stereocenters. The molecule has 2 rings (SSSR count). The van der Waals surface area contributed by atoms with Crippen molar-refractivity contribution >= 4 is 21.9 Å². The van der Waals surface area contributed by atoms with E-state index in [1.807, 2.05) is 0 Å². The average molecular weight is 313 g/mol. The fourth-order valence-corrected chi connectivity index (χ4v) is 2.56. The van der Waals surface area contributed by atoms with E-state index in [-0.39, 0.29) is 35.5 Å². The number of aromatic nitrogens is 1. The van der Waals surface area contributed by atoms with Crippen molar-refractivity contribution in [3.8, 4) is 0 Å². The zero-order valence-electron chi connectivity index (χ0n) is 11.1. The Morgan fingerprint density at radius 1 is 1.29 bits per heavy atom. The maximum absolute atomic E-state index is 11.9. The molecule has 0 bridgehead atoms. The Morgan fingerprint density at radius 2 is 2.00 bits per heavy atom. The van der Waals surface area contributed by atoms with Gasteiger partial charge in [0, 0.05) is 25.2 Å². The summed E-state index contributed by atoms with van der Waals surface area (Å²) in [7, 11) is -3.81. The van der Waals surface area contributed by atoms with E-state index in [2.05, 4.69) is 15.0 Å². The third kappa shape index (κ3) is 4.23. The molecule has 0 aromatic carbocycles. The molecule has 0 spiro atoms. The Kier molecular flexibility index (Phi) is 4.53. The minimum absolute atomic E-state index is 0.0448. The Hall–Kier alpha value is -2.00. The van der Waals surface area contributed by atoms with E-state index >= 15 is 0 Å². The molecule has 1 aromatic rings. The zero-order valence-corrected chi connectivity index (χ0v) is 11.9. The fourth-order valence-electron chi connectivity index (χ4n) is 1.60. The van der Waals surface area contributed by atoms with E-state index in [9.17, 15) is 18.0 Å². The van der Waals surface area contributed by atoms with Crippen molar-refractivity contribution in [2.45, 2.75) is 17.9 Å². The third-order valence-electron chi connectivity index (χ3n) is 2.92. The number of sulfonamides is 1. The van der Waals surface area contributed by atoms with Crippen LogP contribution in [-0.2, 0) is 14.8 Å². The number of nitrogens with one attached hydrogen (secondary N) is 2. The van der Waals surface area contributed by atoms with Gasteiger partial charge in [0.25, 0.3) is 10.0 Å². The number of hydrogen-bond acceptors (Lipinski definition) is 5. The molecule has 1 aliphatic rings. The molecule has 0 aliphatic heterocycles. The van der Waals surface area contributed by atoms with Crippen molar-refractivity contribution < 1.29 is 23.1 Å². The molecule has 1 aliphatic carbocycles. The van der Waals surface area contributed by atoms with Crippen LogP contribution >= 0.6 is 0 Å². The molecule has 1 amide bonds. The van der Waals surface area contributed by atoms with E-state index in [0.717, 1.165) is 25.1 Å². The molecule has 9 heteroatoms. The van der Waals surface area contributed by atoms with Crippen LogP contribution in [-0.4, -0.2) is 43.5 Å². The summed E-state index contributed by atoms with van der Waals surface area (Å²) in [6, 6.07) is 2.29. The summed E-state index contributed by atoms with van der Waals surface area (Å²) in [5.41, 5.74) is -0.0920. The molecular weight excluding hydrogens is 298 g/mol. The number of carbonyl (C=O) groups excluding carboxylic acids is 1. The van der Waals surface area contributed by atoms with Crippen LogP contribution in [0.5, 0.6) is 0 Å². The van der Waals surface area contributed by atoms with E-state index in [1.54, 1.807) is 0 Å². The summed E-state index contributed by atoms with van der Waals surface area (Å²) in [4.78, 5) is 25.6. The summed E-state index contributed by atoms with van der Waals surface area (Å²) < 4.78 is 26.0. The van der Waals surface area contributed by atoms with Crippen LogP contribution in [0.4, 0.5) is 0 Å². The van der Waals surface area contributed by atoms with Gasteiger partial charge in [-0.3, -0.25) is 4.79 Å². The minimum Gasteiger partial charge on any atom is -0.478 e. The van der Waals surface area contributed by atoms with Crippen molar-refractivity contribution in [1.82, 2.24) is 15.0 Å². The molecule has 0 radical (unpaired) electrons. The third-order valence-corrected chi connectivity index (χ3v) is 4.30.